The second kappa shape index (κ2) is 7.33. The smallest absolute Gasteiger partial charge is 0.241 e. The van der Waals surface area contributed by atoms with Crippen LogP contribution >= 0.6 is 24.2 Å². The number of aromatic nitrogens is 2. The fourth-order valence-electron chi connectivity index (χ4n) is 2.39. The van der Waals surface area contributed by atoms with E-state index >= 15 is 0 Å². The molecule has 0 bridgehead atoms. The normalized spacial score (nSPS) is 23.1. The average molecular weight is 319 g/mol. The molecule has 5 nitrogen and oxygen atoms in total. The molecule has 7 heteroatoms. The Morgan fingerprint density at radius 1 is 1.65 bits per heavy atom. The Labute approximate surface area is 130 Å². The van der Waals surface area contributed by atoms with Crippen molar-refractivity contribution in [1.29, 1.82) is 0 Å². The fraction of sp³-hybridized carbons (Fsp3) is 0.692. The summed E-state index contributed by atoms with van der Waals surface area (Å²) in [6.45, 7) is 2.96. The molecule has 1 aliphatic rings. The number of carbonyl (C=O) groups is 1. The van der Waals surface area contributed by atoms with Gasteiger partial charge in [-0.2, -0.15) is 16.9 Å². The summed E-state index contributed by atoms with van der Waals surface area (Å²) in [7, 11) is 3.65. The van der Waals surface area contributed by atoms with E-state index in [0.29, 0.717) is 0 Å². The van der Waals surface area contributed by atoms with Crippen molar-refractivity contribution >= 4 is 30.1 Å². The molecule has 2 unspecified atom stereocenters. The molecule has 1 saturated heterocycles. The van der Waals surface area contributed by atoms with E-state index in [-0.39, 0.29) is 29.1 Å². The summed E-state index contributed by atoms with van der Waals surface area (Å²) in [4.78, 5) is 12.3. The SMILES string of the molecule is CNC(C(=O)NCC1(C)CCCS1)c1cnn(C)c1.Cl. The van der Waals surface area contributed by atoms with E-state index < -0.39 is 0 Å². The van der Waals surface area contributed by atoms with E-state index in [1.54, 1.807) is 17.9 Å². The molecule has 1 amide bonds. The molecule has 2 rings (SSSR count). The number of hydrogen-bond acceptors (Lipinski definition) is 4. The molecular formula is C13H23ClN4OS. The van der Waals surface area contributed by atoms with Crippen molar-refractivity contribution in [3.8, 4) is 0 Å². The lowest BCUT2D eigenvalue weighted by molar-refractivity contribution is -0.123. The maximum absolute atomic E-state index is 12.3. The van der Waals surface area contributed by atoms with Crippen LogP contribution in [0.2, 0.25) is 0 Å². The zero-order valence-electron chi connectivity index (χ0n) is 12.2. The van der Waals surface area contributed by atoms with Crippen molar-refractivity contribution < 1.29 is 4.79 Å². The van der Waals surface area contributed by atoms with Crippen LogP contribution in [0, 0.1) is 0 Å². The average Bonchev–Trinajstić information content (AvgIpc) is 2.98. The Morgan fingerprint density at radius 3 is 2.90 bits per heavy atom. The van der Waals surface area contributed by atoms with Crippen molar-refractivity contribution in [3.63, 3.8) is 0 Å². The van der Waals surface area contributed by atoms with Gasteiger partial charge in [0.1, 0.15) is 6.04 Å². The first-order valence-corrected chi connectivity index (χ1v) is 7.60. The van der Waals surface area contributed by atoms with Gasteiger partial charge in [-0.1, -0.05) is 0 Å². The van der Waals surface area contributed by atoms with Gasteiger partial charge in [-0.15, -0.1) is 12.4 Å². The van der Waals surface area contributed by atoms with Crippen molar-refractivity contribution in [2.75, 3.05) is 19.3 Å². The topological polar surface area (TPSA) is 59.0 Å². The van der Waals surface area contributed by atoms with Gasteiger partial charge >= 0.3 is 0 Å². The van der Waals surface area contributed by atoms with E-state index in [1.165, 1.54) is 18.6 Å². The summed E-state index contributed by atoms with van der Waals surface area (Å²) in [5.74, 6) is 1.22. The fourth-order valence-corrected chi connectivity index (χ4v) is 3.64. The highest BCUT2D eigenvalue weighted by Crippen LogP contribution is 2.37. The number of amides is 1. The second-order valence-electron chi connectivity index (χ2n) is 5.29. The highest BCUT2D eigenvalue weighted by Gasteiger charge is 2.31. The molecule has 0 radical (unpaired) electrons. The number of rotatable bonds is 5. The maximum atomic E-state index is 12.3. The Morgan fingerprint density at radius 2 is 2.40 bits per heavy atom. The number of thioether (sulfide) groups is 1. The molecule has 0 saturated carbocycles. The summed E-state index contributed by atoms with van der Waals surface area (Å²) >= 11 is 1.95. The van der Waals surface area contributed by atoms with Crippen molar-refractivity contribution in [2.45, 2.75) is 30.6 Å². The number of nitrogens with one attached hydrogen (secondary N) is 2. The third kappa shape index (κ3) is 4.14. The van der Waals surface area contributed by atoms with Crippen LogP contribution in [0.5, 0.6) is 0 Å². The molecule has 0 aliphatic carbocycles. The van der Waals surface area contributed by atoms with Gasteiger partial charge in [0.25, 0.3) is 0 Å². The molecule has 2 atom stereocenters. The van der Waals surface area contributed by atoms with Crippen LogP contribution < -0.4 is 10.6 Å². The van der Waals surface area contributed by atoms with Crippen LogP contribution in [0.15, 0.2) is 12.4 Å². The largest absolute Gasteiger partial charge is 0.353 e. The van der Waals surface area contributed by atoms with Crippen LogP contribution in [0.1, 0.15) is 31.4 Å². The van der Waals surface area contributed by atoms with Gasteiger partial charge in [0.2, 0.25) is 5.91 Å². The molecule has 20 heavy (non-hydrogen) atoms. The molecule has 0 aromatic carbocycles. The molecule has 114 valence electrons. The zero-order valence-corrected chi connectivity index (χ0v) is 13.8. The molecule has 1 aliphatic heterocycles. The quantitative estimate of drug-likeness (QED) is 0.864. The van der Waals surface area contributed by atoms with E-state index in [1.807, 2.05) is 25.0 Å². The van der Waals surface area contributed by atoms with E-state index in [2.05, 4.69) is 22.7 Å². The van der Waals surface area contributed by atoms with Crippen molar-refractivity contribution in [2.24, 2.45) is 7.05 Å². The van der Waals surface area contributed by atoms with Crippen molar-refractivity contribution in [1.82, 2.24) is 20.4 Å². The maximum Gasteiger partial charge on any atom is 0.241 e. The number of likely N-dealkylation sites (N-methyl/N-ethyl adjacent to an activating group) is 1. The Hall–Kier alpha value is -0.720. The summed E-state index contributed by atoms with van der Waals surface area (Å²) < 4.78 is 1.91. The molecule has 2 heterocycles. The summed E-state index contributed by atoms with van der Waals surface area (Å²) in [5.41, 5.74) is 0.895. The minimum atomic E-state index is -0.330. The lowest BCUT2D eigenvalue weighted by Gasteiger charge is -2.24. The second-order valence-corrected chi connectivity index (χ2v) is 6.97. The Kier molecular flexibility index (Phi) is 6.36. The Balaban J connectivity index is 0.00000200. The third-order valence-corrected chi connectivity index (χ3v) is 5.08. The van der Waals surface area contributed by atoms with Gasteiger partial charge in [0, 0.05) is 30.1 Å². The minimum absolute atomic E-state index is 0. The predicted octanol–water partition coefficient (Wildman–Crippen LogP) is 1.50. The number of aryl methyl sites for hydroxylation is 1. The first-order chi connectivity index (χ1) is 9.04. The highest BCUT2D eigenvalue weighted by molar-refractivity contribution is 8.00. The van der Waals surface area contributed by atoms with E-state index in [0.717, 1.165) is 12.1 Å². The lowest BCUT2D eigenvalue weighted by Crippen LogP contribution is -2.42. The van der Waals surface area contributed by atoms with Crippen LogP contribution in [0.25, 0.3) is 0 Å². The zero-order chi connectivity index (χ0) is 13.9. The van der Waals surface area contributed by atoms with Crippen LogP contribution in [0.3, 0.4) is 0 Å². The predicted molar refractivity (Wildman–Crippen MR) is 85.4 cm³/mol. The number of halogens is 1. The third-order valence-electron chi connectivity index (χ3n) is 3.55. The molecule has 0 spiro atoms. The number of nitrogens with zero attached hydrogens (tertiary/aromatic N) is 2. The van der Waals surface area contributed by atoms with Crippen molar-refractivity contribution in [3.05, 3.63) is 18.0 Å². The molecule has 1 aromatic heterocycles. The summed E-state index contributed by atoms with van der Waals surface area (Å²) in [6.07, 6.45) is 6.02. The minimum Gasteiger partial charge on any atom is -0.353 e. The van der Waals surface area contributed by atoms with Crippen LogP contribution in [0.4, 0.5) is 0 Å². The highest BCUT2D eigenvalue weighted by atomic mass is 35.5. The van der Waals surface area contributed by atoms with E-state index in [9.17, 15) is 4.79 Å². The summed E-state index contributed by atoms with van der Waals surface area (Å²) in [5, 5.41) is 10.2. The van der Waals surface area contributed by atoms with Crippen LogP contribution in [-0.2, 0) is 11.8 Å². The first-order valence-electron chi connectivity index (χ1n) is 6.61. The summed E-state index contributed by atoms with van der Waals surface area (Å²) in [6, 6.07) is -0.330. The standard InChI is InChI=1S/C13H22N4OS.ClH/c1-13(5-4-6-19-13)9-15-12(18)11(14-2)10-7-16-17(3)8-10;/h7-8,11,14H,4-6,9H2,1-3H3,(H,15,18);1H. The molecule has 1 fully saturated rings. The van der Waals surface area contributed by atoms with Gasteiger partial charge in [0.15, 0.2) is 0 Å². The molecule has 2 N–H and O–H groups in total. The van der Waals surface area contributed by atoms with Gasteiger partial charge in [-0.3, -0.25) is 9.48 Å². The number of hydrogen-bond donors (Lipinski definition) is 2. The van der Waals surface area contributed by atoms with Gasteiger partial charge < -0.3 is 10.6 Å². The Bertz CT molecular complexity index is 445. The molecular weight excluding hydrogens is 296 g/mol. The van der Waals surface area contributed by atoms with Gasteiger partial charge in [0.05, 0.1) is 6.20 Å². The van der Waals surface area contributed by atoms with E-state index in [4.69, 9.17) is 0 Å². The molecule has 1 aromatic rings. The van der Waals surface area contributed by atoms with Gasteiger partial charge in [-0.25, -0.2) is 0 Å². The first kappa shape index (κ1) is 17.3. The monoisotopic (exact) mass is 318 g/mol. The van der Waals surface area contributed by atoms with Crippen LogP contribution in [-0.4, -0.2) is 39.8 Å². The van der Waals surface area contributed by atoms with Gasteiger partial charge in [-0.05, 0) is 32.6 Å². The lowest BCUT2D eigenvalue weighted by atomic mass is 10.1. The number of carbonyl (C=O) groups excluding carboxylic acids is 1.